The minimum Gasteiger partial charge on any atom is -0.456 e. The van der Waals surface area contributed by atoms with E-state index in [1.165, 1.54) is 66.8 Å². The van der Waals surface area contributed by atoms with E-state index >= 15 is 0 Å². The number of nitrogens with zero attached hydrogens (tertiary/aromatic N) is 6. The third-order valence-corrected chi connectivity index (χ3v) is 22.5. The molecule has 4 aromatic heterocycles. The molecule has 112 heavy (non-hydrogen) atoms. The van der Waals surface area contributed by atoms with Crippen molar-refractivity contribution < 1.29 is 8.83 Å². The first-order chi connectivity index (χ1) is 55.5. The molecule has 0 saturated heterocycles. The second-order valence-corrected chi connectivity index (χ2v) is 28.6. The van der Waals surface area contributed by atoms with Crippen LogP contribution in [0.25, 0.3) is 157 Å². The molecule has 524 valence electrons. The molecule has 20 aromatic rings. The van der Waals surface area contributed by atoms with Gasteiger partial charge in [-0.1, -0.05) is 352 Å². The molecule has 0 radical (unpaired) electrons. The van der Waals surface area contributed by atoms with Gasteiger partial charge in [0, 0.05) is 54.9 Å². The van der Waals surface area contributed by atoms with E-state index in [0.717, 1.165) is 99.5 Å². The van der Waals surface area contributed by atoms with Gasteiger partial charge >= 0.3 is 0 Å². The zero-order valence-electron chi connectivity index (χ0n) is 60.6. The van der Waals surface area contributed by atoms with Crippen molar-refractivity contribution in [3.8, 4) is 113 Å². The Balaban J connectivity index is 0.000000145. The molecule has 16 aromatic carbocycles. The van der Waals surface area contributed by atoms with Crippen molar-refractivity contribution >= 4 is 43.9 Å². The molecule has 0 amide bonds. The van der Waals surface area contributed by atoms with Crippen LogP contribution >= 0.6 is 0 Å². The van der Waals surface area contributed by atoms with Crippen LogP contribution in [0.4, 0.5) is 0 Å². The van der Waals surface area contributed by atoms with E-state index in [9.17, 15) is 0 Å². The fraction of sp³-hybridized carbons (Fsp3) is 0.0192. The van der Waals surface area contributed by atoms with E-state index in [0.29, 0.717) is 34.9 Å². The van der Waals surface area contributed by atoms with Gasteiger partial charge < -0.3 is 8.83 Å². The van der Waals surface area contributed by atoms with Crippen LogP contribution in [0.5, 0.6) is 0 Å². The number of aromatic nitrogens is 6. The Bertz CT molecular complexity index is 6860. The summed E-state index contributed by atoms with van der Waals surface area (Å²) in [5, 5.41) is 4.17. The number of fused-ring (bicyclic) bond motifs is 12. The van der Waals surface area contributed by atoms with Crippen LogP contribution in [0.3, 0.4) is 0 Å². The minimum absolute atomic E-state index is 0.487. The Labute approximate surface area is 647 Å². The van der Waals surface area contributed by atoms with Crippen molar-refractivity contribution in [1.82, 2.24) is 29.9 Å². The predicted octanol–water partition coefficient (Wildman–Crippen LogP) is 25.6. The number of rotatable bonds is 12. The standard InChI is InChI=1S/C58H37N3O.C46H29N3O/c1-4-18-38(19-5-1)40-22-16-23-41(36-40)56-59-55(39-20-6-2-7-21-39)60-57(61-56)48-29-11-10-26-44(48)47-30-17-33-53-54(47)49-37-43(34-35-52(49)62-53)58(42-24-8-3-9-25-42)50-31-14-12-27-45(50)46-28-13-15-32-51(46)58;1-4-14-30(15-5-1)43-47-44(31-16-6-2-7-17-31)49-45(48-43)32-24-27-41-38(28-32)37-26-25-34(29-42(37)50-41)46(33-18-8-3-9-19-33)39-22-12-10-20-35(39)36-21-11-13-23-40(36)46/h1-37H;1-29H. The summed E-state index contributed by atoms with van der Waals surface area (Å²) in [5.41, 5.74) is 27.1. The van der Waals surface area contributed by atoms with E-state index < -0.39 is 10.8 Å². The highest BCUT2D eigenvalue weighted by molar-refractivity contribution is 6.14. The van der Waals surface area contributed by atoms with Crippen LogP contribution in [0.2, 0.25) is 0 Å². The monoisotopic (exact) mass is 1430 g/mol. The fourth-order valence-electron chi connectivity index (χ4n) is 17.5. The van der Waals surface area contributed by atoms with Crippen molar-refractivity contribution in [1.29, 1.82) is 0 Å². The smallest absolute Gasteiger partial charge is 0.164 e. The molecule has 0 N–H and O–H groups in total. The Morgan fingerprint density at radius 3 is 1.03 bits per heavy atom. The molecule has 2 aliphatic carbocycles. The molecule has 8 nitrogen and oxygen atoms in total. The van der Waals surface area contributed by atoms with E-state index in [2.05, 4.69) is 303 Å². The second-order valence-electron chi connectivity index (χ2n) is 28.6. The van der Waals surface area contributed by atoms with Crippen LogP contribution < -0.4 is 0 Å². The van der Waals surface area contributed by atoms with Gasteiger partial charge in [0.25, 0.3) is 0 Å². The van der Waals surface area contributed by atoms with Gasteiger partial charge in [-0.15, -0.1) is 0 Å². The number of hydrogen-bond acceptors (Lipinski definition) is 8. The summed E-state index contributed by atoms with van der Waals surface area (Å²) in [6.45, 7) is 0. The van der Waals surface area contributed by atoms with Crippen molar-refractivity contribution in [3.63, 3.8) is 0 Å². The van der Waals surface area contributed by atoms with E-state index in [1.54, 1.807) is 0 Å². The fourth-order valence-corrected chi connectivity index (χ4v) is 17.5. The Morgan fingerprint density at radius 2 is 0.518 bits per heavy atom. The topological polar surface area (TPSA) is 104 Å². The molecule has 2 aliphatic rings. The molecule has 8 heteroatoms. The van der Waals surface area contributed by atoms with Crippen molar-refractivity contribution in [2.24, 2.45) is 0 Å². The number of benzene rings is 16. The molecule has 4 heterocycles. The highest BCUT2D eigenvalue weighted by Crippen LogP contribution is 2.59. The zero-order chi connectivity index (χ0) is 74.1. The van der Waals surface area contributed by atoms with Gasteiger partial charge in [0.05, 0.1) is 10.8 Å². The average Bonchev–Trinajstić information content (AvgIpc) is 1.52. The van der Waals surface area contributed by atoms with Gasteiger partial charge in [0.15, 0.2) is 34.9 Å². The molecule has 0 unspecified atom stereocenters. The summed E-state index contributed by atoms with van der Waals surface area (Å²) in [4.78, 5) is 30.4. The largest absolute Gasteiger partial charge is 0.456 e. The first-order valence-corrected chi connectivity index (χ1v) is 37.9. The third kappa shape index (κ3) is 10.8. The summed E-state index contributed by atoms with van der Waals surface area (Å²) < 4.78 is 13.3. The van der Waals surface area contributed by atoms with E-state index in [4.69, 9.17) is 38.7 Å². The summed E-state index contributed by atoms with van der Waals surface area (Å²) in [5.74, 6) is 3.72. The summed E-state index contributed by atoms with van der Waals surface area (Å²) in [7, 11) is 0. The summed E-state index contributed by atoms with van der Waals surface area (Å²) >= 11 is 0. The highest BCUT2D eigenvalue weighted by atomic mass is 16.3. The lowest BCUT2D eigenvalue weighted by atomic mass is 9.67. The van der Waals surface area contributed by atoms with Gasteiger partial charge in [0.1, 0.15) is 22.3 Å². The Kier molecular flexibility index (Phi) is 15.8. The molecule has 0 aliphatic heterocycles. The molecule has 0 spiro atoms. The normalized spacial score (nSPS) is 12.8. The second kappa shape index (κ2) is 27.1. The van der Waals surface area contributed by atoms with Crippen LogP contribution in [0, 0.1) is 0 Å². The lowest BCUT2D eigenvalue weighted by Crippen LogP contribution is -2.28. The number of hydrogen-bond donors (Lipinski definition) is 0. The highest BCUT2D eigenvalue weighted by Gasteiger charge is 2.48. The van der Waals surface area contributed by atoms with Gasteiger partial charge in [-0.3, -0.25) is 0 Å². The minimum atomic E-state index is -0.536. The van der Waals surface area contributed by atoms with Crippen LogP contribution in [-0.4, -0.2) is 29.9 Å². The zero-order valence-corrected chi connectivity index (χ0v) is 60.6. The average molecular weight is 1430 g/mol. The van der Waals surface area contributed by atoms with Crippen LogP contribution in [-0.2, 0) is 10.8 Å². The van der Waals surface area contributed by atoms with Crippen LogP contribution in [0.1, 0.15) is 44.5 Å². The third-order valence-electron chi connectivity index (χ3n) is 22.5. The predicted molar refractivity (Wildman–Crippen MR) is 452 cm³/mol. The molecule has 0 atom stereocenters. The maximum Gasteiger partial charge on any atom is 0.164 e. The van der Waals surface area contributed by atoms with E-state index in [1.807, 2.05) is 97.1 Å². The molecule has 22 rings (SSSR count). The van der Waals surface area contributed by atoms with Crippen molar-refractivity contribution in [3.05, 3.63) is 445 Å². The maximum absolute atomic E-state index is 6.72. The maximum atomic E-state index is 6.72. The first kappa shape index (κ1) is 65.4. The van der Waals surface area contributed by atoms with E-state index in [-0.39, 0.29) is 0 Å². The van der Waals surface area contributed by atoms with Gasteiger partial charge in [-0.25, -0.2) is 29.9 Å². The molecule has 0 saturated carbocycles. The quantitative estimate of drug-likeness (QED) is 0.119. The van der Waals surface area contributed by atoms with Crippen molar-refractivity contribution in [2.45, 2.75) is 10.8 Å². The molecule has 0 fully saturated rings. The number of furan rings is 2. The first-order valence-electron chi connectivity index (χ1n) is 37.9. The lowest BCUT2D eigenvalue weighted by molar-refractivity contribution is 0.665. The molecule has 0 bridgehead atoms. The van der Waals surface area contributed by atoms with Gasteiger partial charge in [-0.05, 0) is 138 Å². The Hall–Kier alpha value is -14.9. The molecular weight excluding hydrogens is 1370 g/mol. The summed E-state index contributed by atoms with van der Waals surface area (Å²) in [6, 6.07) is 141. The van der Waals surface area contributed by atoms with Gasteiger partial charge in [0.2, 0.25) is 0 Å². The van der Waals surface area contributed by atoms with Crippen molar-refractivity contribution in [2.75, 3.05) is 0 Å². The SMILES string of the molecule is c1ccc(-c2cccc(-c3nc(-c4ccccc4)nc(-c4ccccc4-c4cccc5oc6ccc(C7(c8ccccc8)c8ccccc8-c8ccccc87)cc6c45)n3)c2)cc1.c1ccc(-c2nc(-c3ccccc3)nc(-c3ccc4oc5cc(C6(c7ccccc7)c7ccccc7-c7ccccc76)ccc5c4c3)n2)cc1. The lowest BCUT2D eigenvalue weighted by Gasteiger charge is -2.33. The summed E-state index contributed by atoms with van der Waals surface area (Å²) in [6.07, 6.45) is 0. The molecular formula is C104H66N6O2. The van der Waals surface area contributed by atoms with Gasteiger partial charge in [-0.2, -0.15) is 0 Å². The Morgan fingerprint density at radius 1 is 0.170 bits per heavy atom. The van der Waals surface area contributed by atoms with Crippen LogP contribution in [0.15, 0.2) is 409 Å².